The highest BCUT2D eigenvalue weighted by Gasteiger charge is 2.34. The molecule has 0 saturated carbocycles. The van der Waals surface area contributed by atoms with Crippen LogP contribution >= 0.6 is 0 Å². The molecule has 1 unspecified atom stereocenters. The van der Waals surface area contributed by atoms with E-state index in [1.807, 2.05) is 4.90 Å². The molecule has 5 nitrogen and oxygen atoms in total. The predicted molar refractivity (Wildman–Crippen MR) is 101 cm³/mol. The van der Waals surface area contributed by atoms with Crippen molar-refractivity contribution in [3.8, 4) is 12.3 Å². The topological polar surface area (TPSA) is 48.8 Å². The molecule has 0 aliphatic carbocycles. The Hall–Kier alpha value is -2.34. The molecular weight excluding hydrogens is 371 g/mol. The first kappa shape index (κ1) is 20.4. The van der Waals surface area contributed by atoms with Gasteiger partial charge in [-0.15, -0.1) is 6.42 Å². The Balaban J connectivity index is 1.70. The number of para-hydroxylation sites is 1. The molecule has 0 bridgehead atoms. The van der Waals surface area contributed by atoms with E-state index in [9.17, 15) is 18.3 Å². The van der Waals surface area contributed by atoms with Gasteiger partial charge in [0.25, 0.3) is 0 Å². The highest BCUT2D eigenvalue weighted by atomic mass is 19.4. The van der Waals surface area contributed by atoms with Gasteiger partial charge >= 0.3 is 6.18 Å². The second-order valence-electron chi connectivity index (χ2n) is 6.70. The number of nitrogens with zero attached hydrogens (tertiary/aromatic N) is 3. The monoisotopic (exact) mass is 393 g/mol. The third-order valence-electron chi connectivity index (χ3n) is 4.66. The Kier molecular flexibility index (Phi) is 6.39. The minimum Gasteiger partial charge on any atom is -0.389 e. The van der Waals surface area contributed by atoms with E-state index < -0.39 is 18.0 Å². The van der Waals surface area contributed by atoms with Gasteiger partial charge in [0.2, 0.25) is 0 Å². The number of hydrogen-bond donors (Lipinski definition) is 1. The minimum absolute atomic E-state index is 0.154. The first-order valence-corrected chi connectivity index (χ1v) is 9.02. The first-order valence-electron chi connectivity index (χ1n) is 9.02. The Bertz CT molecular complexity index is 843. The van der Waals surface area contributed by atoms with E-state index in [1.165, 1.54) is 0 Å². The normalized spacial score (nSPS) is 16.9. The molecule has 1 aromatic heterocycles. The molecule has 8 heteroatoms. The van der Waals surface area contributed by atoms with E-state index in [2.05, 4.69) is 15.8 Å². The van der Waals surface area contributed by atoms with Gasteiger partial charge in [-0.3, -0.25) is 4.90 Å². The van der Waals surface area contributed by atoms with Crippen LogP contribution in [0.2, 0.25) is 0 Å². The minimum atomic E-state index is -4.50. The number of ether oxygens (including phenoxy) is 1. The van der Waals surface area contributed by atoms with Crippen LogP contribution < -0.4 is 4.90 Å². The number of β-amino-alcohol motifs (C(OH)–C–C–N with tert-alkyl or cyclic N) is 1. The van der Waals surface area contributed by atoms with Crippen molar-refractivity contribution < 1.29 is 23.0 Å². The molecule has 1 saturated heterocycles. The van der Waals surface area contributed by atoms with E-state index in [1.54, 1.807) is 24.3 Å². The fraction of sp³-hybridized carbons (Fsp3) is 0.450. The number of halogens is 3. The van der Waals surface area contributed by atoms with Crippen LogP contribution in [0.5, 0.6) is 0 Å². The van der Waals surface area contributed by atoms with Crippen LogP contribution in [0.4, 0.5) is 18.9 Å². The molecule has 1 aliphatic heterocycles. The Morgan fingerprint density at radius 3 is 2.61 bits per heavy atom. The molecule has 1 atom stereocenters. The molecular formula is C20H22F3N3O2. The Morgan fingerprint density at radius 1 is 1.21 bits per heavy atom. The maximum atomic E-state index is 13.3. The fourth-order valence-electron chi connectivity index (χ4n) is 3.34. The average molecular weight is 393 g/mol. The lowest BCUT2D eigenvalue weighted by atomic mass is 10.1. The van der Waals surface area contributed by atoms with Gasteiger partial charge in [-0.05, 0) is 12.1 Å². The fourth-order valence-corrected chi connectivity index (χ4v) is 3.34. The van der Waals surface area contributed by atoms with E-state index >= 15 is 0 Å². The third kappa shape index (κ3) is 4.93. The molecule has 1 aliphatic rings. The van der Waals surface area contributed by atoms with Crippen molar-refractivity contribution in [3.05, 3.63) is 36.0 Å². The lowest BCUT2D eigenvalue weighted by Crippen LogP contribution is -2.49. The number of pyridine rings is 1. The van der Waals surface area contributed by atoms with Gasteiger partial charge in [0.1, 0.15) is 12.3 Å². The predicted octanol–water partition coefficient (Wildman–Crippen LogP) is 2.39. The number of piperazine rings is 1. The van der Waals surface area contributed by atoms with Crippen LogP contribution in [0.15, 0.2) is 30.3 Å². The summed E-state index contributed by atoms with van der Waals surface area (Å²) in [5.41, 5.74) is -0.0176. The summed E-state index contributed by atoms with van der Waals surface area (Å²) < 4.78 is 44.9. The number of alkyl halides is 3. The summed E-state index contributed by atoms with van der Waals surface area (Å²) in [4.78, 5) is 7.77. The zero-order chi connectivity index (χ0) is 20.1. The number of rotatable bonds is 6. The van der Waals surface area contributed by atoms with Gasteiger partial charge in [-0.1, -0.05) is 24.1 Å². The van der Waals surface area contributed by atoms with Crippen LogP contribution in [0.1, 0.15) is 5.69 Å². The van der Waals surface area contributed by atoms with Crippen molar-refractivity contribution in [2.24, 2.45) is 0 Å². The van der Waals surface area contributed by atoms with Crippen molar-refractivity contribution in [1.29, 1.82) is 0 Å². The molecule has 1 aromatic carbocycles. The van der Waals surface area contributed by atoms with Gasteiger partial charge in [0.15, 0.2) is 0 Å². The van der Waals surface area contributed by atoms with Gasteiger partial charge in [-0.25, -0.2) is 4.98 Å². The van der Waals surface area contributed by atoms with E-state index in [0.717, 1.165) is 6.07 Å². The maximum absolute atomic E-state index is 13.3. The molecule has 1 N–H and O–H groups in total. The number of fused-ring (bicyclic) bond motifs is 1. The zero-order valence-electron chi connectivity index (χ0n) is 15.3. The van der Waals surface area contributed by atoms with Crippen molar-refractivity contribution >= 4 is 16.6 Å². The van der Waals surface area contributed by atoms with Crippen molar-refractivity contribution in [2.45, 2.75) is 12.3 Å². The van der Waals surface area contributed by atoms with Crippen LogP contribution in [-0.4, -0.2) is 67.0 Å². The number of anilines is 1. The third-order valence-corrected chi connectivity index (χ3v) is 4.66. The molecule has 0 spiro atoms. The maximum Gasteiger partial charge on any atom is 0.433 e. The second kappa shape index (κ2) is 8.78. The molecule has 2 aromatic rings. The summed E-state index contributed by atoms with van der Waals surface area (Å²) in [6.07, 6.45) is -0.0520. The average Bonchev–Trinajstić information content (AvgIpc) is 2.67. The lowest BCUT2D eigenvalue weighted by molar-refractivity contribution is -0.140. The molecule has 28 heavy (non-hydrogen) atoms. The summed E-state index contributed by atoms with van der Waals surface area (Å²) in [6, 6.07) is 7.98. The standard InChI is InChI=1S/C20H22F3N3O2/c1-2-11-28-14-15(27)13-25-7-9-26(10-8-25)18-12-19(20(21,22)23)24-17-6-4-3-5-16(17)18/h1,3-6,12,15,27H,7-11,13-14H2. The first-order chi connectivity index (χ1) is 13.4. The van der Waals surface area contributed by atoms with Gasteiger partial charge in [0.05, 0.1) is 18.2 Å². The quantitative estimate of drug-likeness (QED) is 0.603. The second-order valence-corrected chi connectivity index (χ2v) is 6.70. The van der Waals surface area contributed by atoms with E-state index in [0.29, 0.717) is 49.3 Å². The van der Waals surface area contributed by atoms with Crippen molar-refractivity contribution in [3.63, 3.8) is 0 Å². The van der Waals surface area contributed by atoms with Crippen LogP contribution in [-0.2, 0) is 10.9 Å². The number of hydrogen-bond acceptors (Lipinski definition) is 5. The van der Waals surface area contributed by atoms with Crippen LogP contribution in [0.25, 0.3) is 10.9 Å². The summed E-state index contributed by atoms with van der Waals surface area (Å²) >= 11 is 0. The summed E-state index contributed by atoms with van der Waals surface area (Å²) in [5, 5.41) is 10.7. The van der Waals surface area contributed by atoms with Gasteiger partial charge in [0, 0.05) is 43.8 Å². The number of aromatic nitrogens is 1. The van der Waals surface area contributed by atoms with Crippen LogP contribution in [0, 0.1) is 12.3 Å². The summed E-state index contributed by atoms with van der Waals surface area (Å²) in [7, 11) is 0. The number of aliphatic hydroxyl groups excluding tert-OH is 1. The highest BCUT2D eigenvalue weighted by Crippen LogP contribution is 2.34. The van der Waals surface area contributed by atoms with Crippen molar-refractivity contribution in [1.82, 2.24) is 9.88 Å². The lowest BCUT2D eigenvalue weighted by Gasteiger charge is -2.37. The van der Waals surface area contributed by atoms with Crippen molar-refractivity contribution in [2.75, 3.05) is 50.8 Å². The van der Waals surface area contributed by atoms with E-state index in [4.69, 9.17) is 11.2 Å². The molecule has 150 valence electrons. The summed E-state index contributed by atoms with van der Waals surface area (Å²) in [5.74, 6) is 2.34. The largest absolute Gasteiger partial charge is 0.433 e. The molecule has 0 amide bonds. The SMILES string of the molecule is C#CCOCC(O)CN1CCN(c2cc(C(F)(F)F)nc3ccccc23)CC1. The van der Waals surface area contributed by atoms with Crippen LogP contribution in [0.3, 0.4) is 0 Å². The summed E-state index contributed by atoms with van der Waals surface area (Å²) in [6.45, 7) is 3.13. The molecule has 2 heterocycles. The zero-order valence-corrected chi connectivity index (χ0v) is 15.3. The molecule has 0 radical (unpaired) electrons. The molecule has 3 rings (SSSR count). The highest BCUT2D eigenvalue weighted by molar-refractivity contribution is 5.92. The number of benzene rings is 1. The Morgan fingerprint density at radius 2 is 1.93 bits per heavy atom. The molecule has 1 fully saturated rings. The number of terminal acetylenes is 1. The Labute approximate surface area is 161 Å². The van der Waals surface area contributed by atoms with E-state index in [-0.39, 0.29) is 13.2 Å². The smallest absolute Gasteiger partial charge is 0.389 e. The van der Waals surface area contributed by atoms with Gasteiger partial charge < -0.3 is 14.7 Å². The van der Waals surface area contributed by atoms with Gasteiger partial charge in [-0.2, -0.15) is 13.2 Å². The number of aliphatic hydroxyl groups is 1.